The van der Waals surface area contributed by atoms with Crippen LogP contribution >= 0.6 is 11.6 Å². The highest BCUT2D eigenvalue weighted by atomic mass is 35.5. The number of nitrogens with zero attached hydrogens (tertiary/aromatic N) is 1. The first-order valence-corrected chi connectivity index (χ1v) is 7.45. The van der Waals surface area contributed by atoms with E-state index in [4.69, 9.17) is 11.6 Å². The lowest BCUT2D eigenvalue weighted by molar-refractivity contribution is 0.244. The summed E-state index contributed by atoms with van der Waals surface area (Å²) in [6, 6.07) is 11.6. The molecule has 2 aromatic carbocycles. The molecule has 0 amide bonds. The van der Waals surface area contributed by atoms with Crippen molar-refractivity contribution >= 4 is 11.6 Å². The van der Waals surface area contributed by atoms with Crippen molar-refractivity contribution in [1.82, 2.24) is 4.90 Å². The Bertz CT molecular complexity index is 627. The minimum Gasteiger partial charge on any atom is -0.292 e. The fourth-order valence-electron chi connectivity index (χ4n) is 2.96. The molecule has 3 rings (SSSR count). The monoisotopic (exact) mass is 307 g/mol. The van der Waals surface area contributed by atoms with E-state index in [0.29, 0.717) is 17.1 Å². The summed E-state index contributed by atoms with van der Waals surface area (Å²) in [5, 5.41) is 0.708. The lowest BCUT2D eigenvalue weighted by Crippen LogP contribution is -2.23. The fraction of sp³-hybridized carbons (Fsp3) is 0.294. The highest BCUT2D eigenvalue weighted by Gasteiger charge is 2.26. The lowest BCUT2D eigenvalue weighted by atomic mass is 10.0. The van der Waals surface area contributed by atoms with Gasteiger partial charge in [0.05, 0.1) is 0 Å². The molecule has 0 spiro atoms. The van der Waals surface area contributed by atoms with Crippen LogP contribution in [0.2, 0.25) is 5.02 Å². The Morgan fingerprint density at radius 3 is 2.62 bits per heavy atom. The third-order valence-electron chi connectivity index (χ3n) is 4.00. The maximum Gasteiger partial charge on any atom is 0.127 e. The Kier molecular flexibility index (Phi) is 4.22. The van der Waals surface area contributed by atoms with E-state index in [0.717, 1.165) is 25.5 Å². The standard InChI is InChI=1S/C17H16ClF2N/c18-14-5-3-12(4-6-14)17-2-1-9-21(17)11-13-10-15(19)7-8-16(13)20/h3-8,10,17H,1-2,9,11H2/t17-/m1/s1. The number of halogens is 3. The van der Waals surface area contributed by atoms with Gasteiger partial charge in [0, 0.05) is 23.2 Å². The lowest BCUT2D eigenvalue weighted by Gasteiger charge is -2.25. The molecule has 0 bridgehead atoms. The fourth-order valence-corrected chi connectivity index (χ4v) is 3.09. The molecule has 1 nitrogen and oxygen atoms in total. The van der Waals surface area contributed by atoms with Crippen LogP contribution in [-0.4, -0.2) is 11.4 Å². The topological polar surface area (TPSA) is 3.24 Å². The average Bonchev–Trinajstić information content (AvgIpc) is 2.92. The molecule has 1 aliphatic heterocycles. The maximum absolute atomic E-state index is 13.8. The zero-order valence-electron chi connectivity index (χ0n) is 11.5. The number of hydrogen-bond acceptors (Lipinski definition) is 1. The van der Waals surface area contributed by atoms with Crippen LogP contribution in [0.4, 0.5) is 8.78 Å². The van der Waals surface area contributed by atoms with E-state index in [-0.39, 0.29) is 11.9 Å². The van der Waals surface area contributed by atoms with Crippen molar-refractivity contribution in [3.63, 3.8) is 0 Å². The van der Waals surface area contributed by atoms with Gasteiger partial charge in [-0.3, -0.25) is 4.90 Å². The molecule has 1 fully saturated rings. The smallest absolute Gasteiger partial charge is 0.127 e. The quantitative estimate of drug-likeness (QED) is 0.775. The Balaban J connectivity index is 1.81. The van der Waals surface area contributed by atoms with E-state index in [9.17, 15) is 8.78 Å². The van der Waals surface area contributed by atoms with Crippen LogP contribution < -0.4 is 0 Å². The van der Waals surface area contributed by atoms with Crippen LogP contribution in [0.25, 0.3) is 0 Å². The number of likely N-dealkylation sites (tertiary alicyclic amines) is 1. The van der Waals surface area contributed by atoms with E-state index in [1.54, 1.807) is 0 Å². The van der Waals surface area contributed by atoms with E-state index in [1.807, 2.05) is 24.3 Å². The van der Waals surface area contributed by atoms with Gasteiger partial charge in [-0.2, -0.15) is 0 Å². The second-order valence-electron chi connectivity index (χ2n) is 5.42. The Morgan fingerprint density at radius 2 is 1.86 bits per heavy atom. The SMILES string of the molecule is Fc1ccc(F)c(CN2CCC[C@@H]2c2ccc(Cl)cc2)c1. The van der Waals surface area contributed by atoms with Gasteiger partial charge >= 0.3 is 0 Å². The van der Waals surface area contributed by atoms with Gasteiger partial charge < -0.3 is 0 Å². The van der Waals surface area contributed by atoms with Crippen molar-refractivity contribution in [2.45, 2.75) is 25.4 Å². The van der Waals surface area contributed by atoms with Crippen LogP contribution in [0.1, 0.15) is 30.0 Å². The molecule has 1 aliphatic rings. The molecule has 0 aliphatic carbocycles. The van der Waals surface area contributed by atoms with Gasteiger partial charge in [-0.15, -0.1) is 0 Å². The summed E-state index contributed by atoms with van der Waals surface area (Å²) in [4.78, 5) is 2.20. The maximum atomic E-state index is 13.8. The minimum absolute atomic E-state index is 0.241. The first kappa shape index (κ1) is 14.5. The molecule has 0 N–H and O–H groups in total. The molecule has 0 aromatic heterocycles. The van der Waals surface area contributed by atoms with Gasteiger partial charge in [0.2, 0.25) is 0 Å². The van der Waals surface area contributed by atoms with Crippen molar-refractivity contribution in [3.8, 4) is 0 Å². The van der Waals surface area contributed by atoms with E-state index < -0.39 is 5.82 Å². The van der Waals surface area contributed by atoms with E-state index >= 15 is 0 Å². The molecule has 2 aromatic rings. The predicted molar refractivity (Wildman–Crippen MR) is 80.2 cm³/mol. The molecule has 1 heterocycles. The predicted octanol–water partition coefficient (Wildman–Crippen LogP) is 4.96. The second kappa shape index (κ2) is 6.12. The number of rotatable bonds is 3. The molecule has 1 atom stereocenters. The first-order chi connectivity index (χ1) is 10.1. The molecule has 0 saturated carbocycles. The van der Waals surface area contributed by atoms with Crippen molar-refractivity contribution in [1.29, 1.82) is 0 Å². The largest absolute Gasteiger partial charge is 0.292 e. The Hall–Kier alpha value is -1.45. The van der Waals surface area contributed by atoms with Crippen LogP contribution in [0, 0.1) is 11.6 Å². The summed E-state index contributed by atoms with van der Waals surface area (Å²) in [5.41, 5.74) is 1.59. The molecule has 4 heteroatoms. The van der Waals surface area contributed by atoms with Crippen molar-refractivity contribution in [3.05, 3.63) is 70.2 Å². The number of hydrogen-bond donors (Lipinski definition) is 0. The molecule has 110 valence electrons. The van der Waals surface area contributed by atoms with Gasteiger partial charge in [-0.1, -0.05) is 23.7 Å². The third kappa shape index (κ3) is 3.25. The first-order valence-electron chi connectivity index (χ1n) is 7.07. The van der Waals surface area contributed by atoms with Crippen LogP contribution in [-0.2, 0) is 6.54 Å². The van der Waals surface area contributed by atoms with Gasteiger partial charge in [0.15, 0.2) is 0 Å². The highest BCUT2D eigenvalue weighted by molar-refractivity contribution is 6.30. The average molecular weight is 308 g/mol. The Morgan fingerprint density at radius 1 is 1.10 bits per heavy atom. The highest BCUT2D eigenvalue weighted by Crippen LogP contribution is 2.34. The van der Waals surface area contributed by atoms with Gasteiger partial charge in [-0.05, 0) is 55.3 Å². The van der Waals surface area contributed by atoms with E-state index in [2.05, 4.69) is 4.90 Å². The second-order valence-corrected chi connectivity index (χ2v) is 5.85. The van der Waals surface area contributed by atoms with Crippen LogP contribution in [0.5, 0.6) is 0 Å². The van der Waals surface area contributed by atoms with Crippen LogP contribution in [0.3, 0.4) is 0 Å². The summed E-state index contributed by atoms with van der Waals surface area (Å²) in [6.45, 7) is 1.32. The summed E-state index contributed by atoms with van der Waals surface area (Å²) < 4.78 is 27.1. The third-order valence-corrected chi connectivity index (χ3v) is 4.25. The van der Waals surface area contributed by atoms with Crippen molar-refractivity contribution in [2.75, 3.05) is 6.54 Å². The van der Waals surface area contributed by atoms with Gasteiger partial charge in [0.25, 0.3) is 0 Å². The van der Waals surface area contributed by atoms with Crippen molar-refractivity contribution in [2.24, 2.45) is 0 Å². The molecule has 0 unspecified atom stereocenters. The molecule has 1 saturated heterocycles. The molecular weight excluding hydrogens is 292 g/mol. The Labute approximate surface area is 128 Å². The summed E-state index contributed by atoms with van der Waals surface area (Å²) in [7, 11) is 0. The summed E-state index contributed by atoms with van der Waals surface area (Å²) in [6.07, 6.45) is 2.09. The van der Waals surface area contributed by atoms with Gasteiger partial charge in [0.1, 0.15) is 11.6 Å². The molecule has 0 radical (unpaired) electrons. The molecule has 21 heavy (non-hydrogen) atoms. The van der Waals surface area contributed by atoms with Crippen molar-refractivity contribution < 1.29 is 8.78 Å². The van der Waals surface area contributed by atoms with Crippen LogP contribution in [0.15, 0.2) is 42.5 Å². The zero-order valence-corrected chi connectivity index (χ0v) is 12.3. The van der Waals surface area contributed by atoms with E-state index in [1.165, 1.54) is 17.7 Å². The normalized spacial score (nSPS) is 19.1. The molecular formula is C17H16ClF2N. The summed E-state index contributed by atoms with van der Waals surface area (Å²) >= 11 is 5.92. The minimum atomic E-state index is -0.395. The zero-order chi connectivity index (χ0) is 14.8. The summed E-state index contributed by atoms with van der Waals surface area (Å²) in [5.74, 6) is -0.744. The number of benzene rings is 2. The van der Waals surface area contributed by atoms with Gasteiger partial charge in [-0.25, -0.2) is 8.78 Å².